The summed E-state index contributed by atoms with van der Waals surface area (Å²) in [6.07, 6.45) is 1.55. The van der Waals surface area contributed by atoms with Crippen LogP contribution in [0.15, 0.2) is 77.7 Å². The van der Waals surface area contributed by atoms with E-state index in [4.69, 9.17) is 16.3 Å². The van der Waals surface area contributed by atoms with Crippen LogP contribution in [-0.2, 0) is 21.2 Å². The second-order valence-corrected chi connectivity index (χ2v) is 9.88. The van der Waals surface area contributed by atoms with Gasteiger partial charge in [0.25, 0.3) is 10.0 Å². The van der Waals surface area contributed by atoms with Crippen LogP contribution in [0.1, 0.15) is 17.5 Å². The van der Waals surface area contributed by atoms with Crippen LogP contribution in [0.2, 0.25) is 5.02 Å². The van der Waals surface area contributed by atoms with Gasteiger partial charge in [0.15, 0.2) is 0 Å². The number of nitrogens with zero attached hydrogens (tertiary/aromatic N) is 1. The molecule has 3 aromatic carbocycles. The van der Waals surface area contributed by atoms with Crippen LogP contribution in [0.25, 0.3) is 0 Å². The number of carbonyl (C=O) groups is 1. The van der Waals surface area contributed by atoms with Crippen LogP contribution in [0.4, 0.5) is 5.69 Å². The molecule has 0 bridgehead atoms. The highest BCUT2D eigenvalue weighted by molar-refractivity contribution is 7.92. The van der Waals surface area contributed by atoms with Crippen LogP contribution in [0.5, 0.6) is 5.75 Å². The van der Waals surface area contributed by atoms with Crippen molar-refractivity contribution in [3.8, 4) is 5.75 Å². The van der Waals surface area contributed by atoms with Crippen LogP contribution in [0, 0.1) is 6.92 Å². The van der Waals surface area contributed by atoms with E-state index in [1.54, 1.807) is 24.3 Å². The number of benzene rings is 3. The number of sulfonamides is 1. The zero-order valence-corrected chi connectivity index (χ0v) is 20.2. The summed E-state index contributed by atoms with van der Waals surface area (Å²) in [5, 5.41) is 3.15. The first-order chi connectivity index (χ1) is 15.8. The van der Waals surface area contributed by atoms with E-state index < -0.39 is 22.5 Å². The Balaban J connectivity index is 1.81. The molecule has 0 saturated carbocycles. The van der Waals surface area contributed by atoms with Crippen molar-refractivity contribution in [3.05, 3.63) is 88.9 Å². The Kier molecular flexibility index (Phi) is 8.36. The van der Waals surface area contributed by atoms with Crippen molar-refractivity contribution in [2.24, 2.45) is 0 Å². The summed E-state index contributed by atoms with van der Waals surface area (Å²) in [5.41, 5.74) is 2.31. The Labute approximate surface area is 200 Å². The largest absolute Gasteiger partial charge is 0.495 e. The molecular weight excluding hydrogens is 460 g/mol. The van der Waals surface area contributed by atoms with E-state index in [0.29, 0.717) is 17.3 Å². The van der Waals surface area contributed by atoms with E-state index in [9.17, 15) is 13.2 Å². The van der Waals surface area contributed by atoms with Gasteiger partial charge >= 0.3 is 0 Å². The van der Waals surface area contributed by atoms with Crippen molar-refractivity contribution in [2.45, 2.75) is 24.7 Å². The lowest BCUT2D eigenvalue weighted by atomic mass is 10.1. The number of aryl methyl sites for hydroxylation is 2. The highest BCUT2D eigenvalue weighted by Crippen LogP contribution is 2.34. The smallest absolute Gasteiger partial charge is 0.264 e. The summed E-state index contributed by atoms with van der Waals surface area (Å²) in [6.45, 7) is 1.90. The Hall–Kier alpha value is -3.03. The van der Waals surface area contributed by atoms with Crippen molar-refractivity contribution in [3.63, 3.8) is 0 Å². The minimum absolute atomic E-state index is 0.0759. The van der Waals surface area contributed by atoms with Crippen molar-refractivity contribution in [2.75, 3.05) is 24.5 Å². The number of hydrogen-bond acceptors (Lipinski definition) is 4. The van der Waals surface area contributed by atoms with Gasteiger partial charge in [0.05, 0.1) is 17.7 Å². The molecule has 1 N–H and O–H groups in total. The molecule has 0 aliphatic heterocycles. The van der Waals surface area contributed by atoms with Gasteiger partial charge in [-0.05, 0) is 55.7 Å². The lowest BCUT2D eigenvalue weighted by Gasteiger charge is -2.26. The topological polar surface area (TPSA) is 75.7 Å². The molecule has 6 nitrogen and oxygen atoms in total. The molecule has 0 spiro atoms. The number of rotatable bonds is 10. The maximum atomic E-state index is 13.5. The molecule has 0 radical (unpaired) electrons. The van der Waals surface area contributed by atoms with E-state index in [0.717, 1.165) is 22.7 Å². The summed E-state index contributed by atoms with van der Waals surface area (Å²) in [6, 6.07) is 21.1. The molecule has 33 heavy (non-hydrogen) atoms. The van der Waals surface area contributed by atoms with Crippen LogP contribution >= 0.6 is 11.6 Å². The monoisotopic (exact) mass is 486 g/mol. The maximum absolute atomic E-state index is 13.5. The third-order valence-corrected chi connectivity index (χ3v) is 7.12. The molecule has 174 valence electrons. The summed E-state index contributed by atoms with van der Waals surface area (Å²) < 4.78 is 33.4. The third-order valence-electron chi connectivity index (χ3n) is 5.11. The van der Waals surface area contributed by atoms with E-state index >= 15 is 0 Å². The summed E-state index contributed by atoms with van der Waals surface area (Å²) in [4.78, 5) is 12.8. The first-order valence-electron chi connectivity index (χ1n) is 10.5. The molecule has 0 fully saturated rings. The predicted octanol–water partition coefficient (Wildman–Crippen LogP) is 4.60. The van der Waals surface area contributed by atoms with Crippen LogP contribution < -0.4 is 14.4 Å². The average molecular weight is 487 g/mol. The summed E-state index contributed by atoms with van der Waals surface area (Å²) >= 11 is 6.15. The fourth-order valence-electron chi connectivity index (χ4n) is 3.35. The van der Waals surface area contributed by atoms with Crippen LogP contribution in [-0.4, -0.2) is 34.5 Å². The molecule has 3 aromatic rings. The molecule has 0 unspecified atom stereocenters. The fraction of sp³-hybridized carbons (Fsp3) is 0.240. The summed E-state index contributed by atoms with van der Waals surface area (Å²) in [7, 11) is -2.62. The van der Waals surface area contributed by atoms with Crippen molar-refractivity contribution in [1.29, 1.82) is 0 Å². The van der Waals surface area contributed by atoms with Gasteiger partial charge in [0, 0.05) is 11.6 Å². The quantitative estimate of drug-likeness (QED) is 0.425. The highest BCUT2D eigenvalue weighted by atomic mass is 35.5. The Morgan fingerprint density at radius 2 is 1.73 bits per heavy atom. The minimum atomic E-state index is -4.06. The SMILES string of the molecule is COc1ccc(Cl)cc1N(CC(=O)NCCCc1ccccc1)S(=O)(=O)c1ccc(C)cc1. The average Bonchev–Trinajstić information content (AvgIpc) is 2.81. The number of amides is 1. The Morgan fingerprint density at radius 1 is 1.03 bits per heavy atom. The Morgan fingerprint density at radius 3 is 2.39 bits per heavy atom. The van der Waals surface area contributed by atoms with E-state index in [-0.39, 0.29) is 10.6 Å². The van der Waals surface area contributed by atoms with Crippen molar-refractivity contribution >= 4 is 33.2 Å². The zero-order valence-electron chi connectivity index (χ0n) is 18.6. The van der Waals surface area contributed by atoms with E-state index in [1.165, 1.54) is 30.9 Å². The summed E-state index contributed by atoms with van der Waals surface area (Å²) in [5.74, 6) is -0.118. The number of nitrogens with one attached hydrogen (secondary N) is 1. The lowest BCUT2D eigenvalue weighted by molar-refractivity contribution is -0.119. The number of methoxy groups -OCH3 is 1. The number of hydrogen-bond donors (Lipinski definition) is 1. The highest BCUT2D eigenvalue weighted by Gasteiger charge is 2.29. The molecule has 0 aromatic heterocycles. The predicted molar refractivity (Wildman–Crippen MR) is 131 cm³/mol. The van der Waals surface area contributed by atoms with Crippen LogP contribution in [0.3, 0.4) is 0 Å². The standard InChI is InChI=1S/C25H27ClN2O4S/c1-19-10-13-22(14-11-19)33(30,31)28(23-17-21(26)12-15-24(23)32-2)18-25(29)27-16-6-9-20-7-4-3-5-8-20/h3-5,7-8,10-15,17H,6,9,16,18H2,1-2H3,(H,27,29). The van der Waals surface area contributed by atoms with Gasteiger partial charge < -0.3 is 10.1 Å². The number of carbonyl (C=O) groups excluding carboxylic acids is 1. The minimum Gasteiger partial charge on any atom is -0.495 e. The van der Waals surface area contributed by atoms with Gasteiger partial charge in [-0.25, -0.2) is 8.42 Å². The second-order valence-electron chi connectivity index (χ2n) is 7.58. The van der Waals surface area contributed by atoms with E-state index in [2.05, 4.69) is 5.32 Å². The molecule has 0 aliphatic rings. The fourth-order valence-corrected chi connectivity index (χ4v) is 4.94. The second kappa shape index (κ2) is 11.2. The normalized spacial score (nSPS) is 11.1. The first kappa shape index (κ1) is 24.6. The first-order valence-corrected chi connectivity index (χ1v) is 12.4. The molecule has 8 heteroatoms. The Bertz CT molecular complexity index is 1180. The molecule has 1 amide bonds. The van der Waals surface area contributed by atoms with Gasteiger partial charge in [-0.1, -0.05) is 59.6 Å². The van der Waals surface area contributed by atoms with Gasteiger partial charge in [-0.15, -0.1) is 0 Å². The van der Waals surface area contributed by atoms with Crippen molar-refractivity contribution in [1.82, 2.24) is 5.32 Å². The molecule has 3 rings (SSSR count). The molecular formula is C25H27ClN2O4S. The number of halogens is 1. The van der Waals surface area contributed by atoms with Gasteiger partial charge in [-0.2, -0.15) is 0 Å². The van der Waals surface area contributed by atoms with Gasteiger partial charge in [-0.3, -0.25) is 9.10 Å². The lowest BCUT2D eigenvalue weighted by Crippen LogP contribution is -2.41. The molecule has 0 saturated heterocycles. The van der Waals surface area contributed by atoms with E-state index in [1.807, 2.05) is 37.3 Å². The molecule has 0 aliphatic carbocycles. The number of anilines is 1. The molecule has 0 heterocycles. The van der Waals surface area contributed by atoms with Gasteiger partial charge in [0.1, 0.15) is 12.3 Å². The number of ether oxygens (including phenoxy) is 1. The maximum Gasteiger partial charge on any atom is 0.264 e. The van der Waals surface area contributed by atoms with Gasteiger partial charge in [0.2, 0.25) is 5.91 Å². The third kappa shape index (κ3) is 6.49. The van der Waals surface area contributed by atoms with Crippen molar-refractivity contribution < 1.29 is 17.9 Å². The zero-order chi connectivity index (χ0) is 23.8. The molecule has 0 atom stereocenters.